The van der Waals surface area contributed by atoms with Crippen LogP contribution in [0, 0.1) is 0 Å². The molecule has 2 heterocycles. The van der Waals surface area contributed by atoms with Crippen LogP contribution in [0.15, 0.2) is 59.4 Å². The van der Waals surface area contributed by atoms with Crippen LogP contribution >= 0.6 is 11.3 Å². The third kappa shape index (κ3) is 3.39. The topological polar surface area (TPSA) is 61.2 Å². The predicted molar refractivity (Wildman–Crippen MR) is 128 cm³/mol. The molecule has 0 spiro atoms. The number of methoxy groups -OCH3 is 1. The molecular weight excluding hydrogens is 418 g/mol. The number of carbonyl (C=O) groups excluding carboxylic acids is 1. The van der Waals surface area contributed by atoms with Gasteiger partial charge in [-0.25, -0.2) is 4.98 Å². The lowest BCUT2D eigenvalue weighted by molar-refractivity contribution is 0.0961. The van der Waals surface area contributed by atoms with Gasteiger partial charge in [0.1, 0.15) is 16.4 Å². The number of hydrogen-bond donors (Lipinski definition) is 0. The van der Waals surface area contributed by atoms with Crippen LogP contribution in [0.5, 0.6) is 5.75 Å². The van der Waals surface area contributed by atoms with Crippen molar-refractivity contribution < 1.29 is 9.53 Å². The highest BCUT2D eigenvalue weighted by Gasteiger charge is 2.37. The molecule has 1 aliphatic carbocycles. The molecule has 4 aromatic rings. The lowest BCUT2D eigenvalue weighted by atomic mass is 9.48. The number of carbonyl (C=O) groups is 1. The van der Waals surface area contributed by atoms with Gasteiger partial charge in [0.25, 0.3) is 5.56 Å². The van der Waals surface area contributed by atoms with Crippen LogP contribution in [-0.4, -0.2) is 38.1 Å². The molecule has 0 saturated carbocycles. The fraction of sp³-hybridized carbons (Fsp3) is 0.208. The summed E-state index contributed by atoms with van der Waals surface area (Å²) in [7, 11) is 13.6. The van der Waals surface area contributed by atoms with Crippen molar-refractivity contribution in [3.63, 3.8) is 0 Å². The van der Waals surface area contributed by atoms with Gasteiger partial charge in [0.2, 0.25) is 0 Å². The Kier molecular flexibility index (Phi) is 5.05. The Morgan fingerprint density at radius 1 is 1.12 bits per heavy atom. The number of ketones is 1. The first kappa shape index (κ1) is 20.8. The van der Waals surface area contributed by atoms with Crippen LogP contribution in [0.2, 0.25) is 5.21 Å². The third-order valence-electron chi connectivity index (χ3n) is 5.84. The van der Waals surface area contributed by atoms with Crippen molar-refractivity contribution in [3.05, 3.63) is 81.0 Å². The fourth-order valence-electron chi connectivity index (χ4n) is 4.11. The van der Waals surface area contributed by atoms with E-state index < -0.39 is 5.21 Å². The third-order valence-corrected chi connectivity index (χ3v) is 6.96. The molecule has 2 aromatic carbocycles. The summed E-state index contributed by atoms with van der Waals surface area (Å²) in [6, 6.07) is 17.2. The van der Waals surface area contributed by atoms with Crippen molar-refractivity contribution in [3.8, 4) is 17.1 Å². The monoisotopic (exact) mass is 436 g/mol. The van der Waals surface area contributed by atoms with Gasteiger partial charge in [-0.1, -0.05) is 48.9 Å². The van der Waals surface area contributed by atoms with E-state index in [9.17, 15) is 9.59 Å². The largest absolute Gasteiger partial charge is 0.497 e. The highest BCUT2D eigenvalue weighted by molar-refractivity contribution is 7.21. The number of hydrogen-bond acceptors (Lipinski definition) is 5. The average Bonchev–Trinajstić information content (AvgIpc) is 3.18. The number of thiophene rings is 1. The van der Waals surface area contributed by atoms with Crippen molar-refractivity contribution in [2.24, 2.45) is 0 Å². The van der Waals surface area contributed by atoms with Crippen LogP contribution in [0.1, 0.15) is 27.2 Å². The average molecular weight is 436 g/mol. The Balaban J connectivity index is 1.79. The zero-order valence-corrected chi connectivity index (χ0v) is 18.3. The molecular formula is C24H18B2N2O3S. The lowest BCUT2D eigenvalue weighted by Gasteiger charge is -2.28. The van der Waals surface area contributed by atoms with Crippen LogP contribution < -0.4 is 10.3 Å². The Bertz CT molecular complexity index is 1410. The van der Waals surface area contributed by atoms with Crippen LogP contribution in [0.25, 0.3) is 21.6 Å². The number of benzene rings is 2. The first-order valence-corrected chi connectivity index (χ1v) is 11.1. The molecule has 0 unspecified atom stereocenters. The molecule has 8 heteroatoms. The normalized spacial score (nSPS) is 15.0. The molecule has 2 aromatic heterocycles. The molecule has 5 rings (SSSR count). The summed E-state index contributed by atoms with van der Waals surface area (Å²) in [5.74, 6) is 0.849. The van der Waals surface area contributed by atoms with Crippen LogP contribution in [0.4, 0.5) is 0 Å². The number of nitrogens with zero attached hydrogens (tertiary/aromatic N) is 2. The van der Waals surface area contributed by atoms with E-state index in [2.05, 4.69) is 0 Å². The highest BCUT2D eigenvalue weighted by Crippen LogP contribution is 2.42. The molecule has 4 radical (unpaired) electrons. The Morgan fingerprint density at radius 2 is 1.91 bits per heavy atom. The van der Waals surface area contributed by atoms with Crippen molar-refractivity contribution >= 4 is 43.0 Å². The highest BCUT2D eigenvalue weighted by atomic mass is 32.1. The van der Waals surface area contributed by atoms with E-state index in [1.165, 1.54) is 11.3 Å². The van der Waals surface area contributed by atoms with Gasteiger partial charge in [0, 0.05) is 5.56 Å². The summed E-state index contributed by atoms with van der Waals surface area (Å²) in [5.41, 5.74) is 2.26. The van der Waals surface area contributed by atoms with Gasteiger partial charge in [-0.2, -0.15) is 0 Å². The molecule has 1 aliphatic rings. The minimum atomic E-state index is -1.41. The number of aromatic nitrogens is 2. The van der Waals surface area contributed by atoms with E-state index in [0.717, 1.165) is 11.1 Å². The molecule has 0 amide bonds. The first-order chi connectivity index (χ1) is 15.4. The van der Waals surface area contributed by atoms with Gasteiger partial charge >= 0.3 is 0 Å². The van der Waals surface area contributed by atoms with Crippen molar-refractivity contribution in [2.45, 2.75) is 24.6 Å². The zero-order valence-electron chi connectivity index (χ0n) is 17.5. The quantitative estimate of drug-likeness (QED) is 0.458. The van der Waals surface area contributed by atoms with E-state index in [4.69, 9.17) is 25.4 Å². The second-order valence-electron chi connectivity index (χ2n) is 8.00. The maximum Gasteiger partial charge on any atom is 0.263 e. The predicted octanol–water partition coefficient (Wildman–Crippen LogP) is 3.76. The van der Waals surface area contributed by atoms with Gasteiger partial charge in [0.15, 0.2) is 5.78 Å². The van der Waals surface area contributed by atoms with E-state index in [1.807, 2.05) is 54.6 Å². The molecule has 5 nitrogen and oxygen atoms in total. The van der Waals surface area contributed by atoms with Crippen LogP contribution in [-0.2, 0) is 13.0 Å². The number of aryl methyl sites for hydroxylation is 1. The van der Waals surface area contributed by atoms with Gasteiger partial charge in [0.05, 0.1) is 39.6 Å². The number of ether oxygens (including phenoxy) is 1. The Hall–Kier alpha value is -3.12. The minimum Gasteiger partial charge on any atom is -0.497 e. The minimum absolute atomic E-state index is 0.177. The molecule has 0 fully saturated rings. The van der Waals surface area contributed by atoms with Gasteiger partial charge < -0.3 is 4.74 Å². The molecule has 0 atom stereocenters. The molecule has 0 saturated heterocycles. The van der Waals surface area contributed by atoms with E-state index >= 15 is 0 Å². The van der Waals surface area contributed by atoms with Gasteiger partial charge in [-0.05, 0) is 34.9 Å². The van der Waals surface area contributed by atoms with Crippen molar-refractivity contribution in [2.75, 3.05) is 7.11 Å². The maximum absolute atomic E-state index is 13.8. The summed E-state index contributed by atoms with van der Waals surface area (Å²) >= 11 is 1.19. The van der Waals surface area contributed by atoms with E-state index in [-0.39, 0.29) is 11.3 Å². The summed E-state index contributed by atoms with van der Waals surface area (Å²) < 4.78 is 7.03. The van der Waals surface area contributed by atoms with Gasteiger partial charge in [-0.15, -0.1) is 11.3 Å². The number of fused-ring (bicyclic) bond motifs is 3. The second-order valence-corrected chi connectivity index (χ2v) is 9.00. The summed E-state index contributed by atoms with van der Waals surface area (Å²) in [5, 5.41) is -0.927. The molecule has 32 heavy (non-hydrogen) atoms. The summed E-state index contributed by atoms with van der Waals surface area (Å²) in [4.78, 5) is 32.5. The van der Waals surface area contributed by atoms with Crippen LogP contribution in [0.3, 0.4) is 0 Å². The fourth-order valence-corrected chi connectivity index (χ4v) is 5.36. The first-order valence-electron chi connectivity index (χ1n) is 10.3. The Labute approximate surface area is 191 Å². The van der Waals surface area contributed by atoms with E-state index in [0.29, 0.717) is 51.6 Å². The lowest BCUT2D eigenvalue weighted by Crippen LogP contribution is -2.30. The van der Waals surface area contributed by atoms with Crippen molar-refractivity contribution in [1.82, 2.24) is 9.55 Å². The number of Topliss-reactive ketones (excluding diaryl/α,β-unsaturated/α-hetero) is 1. The molecule has 0 bridgehead atoms. The maximum atomic E-state index is 13.8. The smallest absolute Gasteiger partial charge is 0.263 e. The standard InChI is InChI=1S/C24H18B2N2O3S/c1-31-16-9-5-8-15(12-16)21-27-22-18(17-10-11-24(25,26)20(29)19(17)32-22)23(30)28(21)13-14-6-3-2-4-7-14/h2-9,12H,10-11,13H2,1H3. The number of rotatable bonds is 4. The van der Waals surface area contributed by atoms with Crippen molar-refractivity contribution in [1.29, 1.82) is 0 Å². The Morgan fingerprint density at radius 3 is 2.66 bits per heavy atom. The zero-order chi connectivity index (χ0) is 22.5. The molecule has 0 N–H and O–H groups in total. The van der Waals surface area contributed by atoms with E-state index in [1.54, 1.807) is 11.7 Å². The SMILES string of the molecule is [B]C1([B])CCc2c(sc3nc(-c4cccc(OC)c4)n(Cc4ccccc4)c(=O)c23)C1=O. The molecule has 0 aliphatic heterocycles. The van der Waals surface area contributed by atoms with Gasteiger partial charge in [-0.3, -0.25) is 14.2 Å². The summed E-state index contributed by atoms with van der Waals surface area (Å²) in [6.45, 7) is 0.353. The second kappa shape index (κ2) is 7.78. The molecule has 154 valence electrons. The summed E-state index contributed by atoms with van der Waals surface area (Å²) in [6.07, 6.45) is 0.759.